The largest absolute Gasteiger partial charge is 0.493 e. The van der Waals surface area contributed by atoms with Crippen molar-refractivity contribution in [3.63, 3.8) is 0 Å². The standard InChI is InChI=1S/C18H18N4O4/c1-24-15-6-11(7-16(25-2)18(15)26-3)17(23)13-5-4-12(8-14(13)19)22-10-20-9-21-22/h4-10H,19H2,1-3H3. The van der Waals surface area contributed by atoms with Gasteiger partial charge in [-0.3, -0.25) is 4.79 Å². The van der Waals surface area contributed by atoms with Gasteiger partial charge >= 0.3 is 0 Å². The van der Waals surface area contributed by atoms with Gasteiger partial charge in [0.25, 0.3) is 0 Å². The van der Waals surface area contributed by atoms with Crippen LogP contribution >= 0.6 is 0 Å². The van der Waals surface area contributed by atoms with E-state index in [4.69, 9.17) is 19.9 Å². The summed E-state index contributed by atoms with van der Waals surface area (Å²) >= 11 is 0. The summed E-state index contributed by atoms with van der Waals surface area (Å²) in [6, 6.07) is 8.25. The Labute approximate surface area is 150 Å². The van der Waals surface area contributed by atoms with E-state index >= 15 is 0 Å². The molecule has 26 heavy (non-hydrogen) atoms. The number of carbonyl (C=O) groups is 1. The second-order valence-electron chi connectivity index (χ2n) is 5.35. The van der Waals surface area contributed by atoms with Crippen LogP contribution in [0, 0.1) is 0 Å². The second kappa shape index (κ2) is 7.14. The highest BCUT2D eigenvalue weighted by Gasteiger charge is 2.19. The van der Waals surface area contributed by atoms with Crippen LogP contribution in [-0.2, 0) is 0 Å². The molecule has 2 N–H and O–H groups in total. The van der Waals surface area contributed by atoms with Crippen molar-refractivity contribution >= 4 is 11.5 Å². The van der Waals surface area contributed by atoms with Crippen LogP contribution in [0.3, 0.4) is 0 Å². The van der Waals surface area contributed by atoms with Gasteiger partial charge < -0.3 is 19.9 Å². The van der Waals surface area contributed by atoms with Crippen LogP contribution in [0.15, 0.2) is 43.0 Å². The first-order valence-corrected chi connectivity index (χ1v) is 7.68. The number of hydrogen-bond acceptors (Lipinski definition) is 7. The third-order valence-electron chi connectivity index (χ3n) is 3.89. The molecule has 1 heterocycles. The molecule has 134 valence electrons. The lowest BCUT2D eigenvalue weighted by Gasteiger charge is -2.14. The van der Waals surface area contributed by atoms with Crippen LogP contribution in [0.25, 0.3) is 5.69 Å². The Kier molecular flexibility index (Phi) is 4.74. The van der Waals surface area contributed by atoms with E-state index in [2.05, 4.69) is 10.1 Å². The third kappa shape index (κ3) is 3.04. The highest BCUT2D eigenvalue weighted by molar-refractivity contribution is 6.12. The molecule has 8 nitrogen and oxygen atoms in total. The van der Waals surface area contributed by atoms with Gasteiger partial charge in [-0.2, -0.15) is 5.10 Å². The van der Waals surface area contributed by atoms with Crippen molar-refractivity contribution in [3.05, 3.63) is 54.1 Å². The Morgan fingerprint density at radius 2 is 1.73 bits per heavy atom. The topological polar surface area (TPSA) is 101 Å². The molecule has 0 aliphatic heterocycles. The summed E-state index contributed by atoms with van der Waals surface area (Å²) in [4.78, 5) is 16.8. The number of nitrogen functional groups attached to an aromatic ring is 1. The number of ether oxygens (including phenoxy) is 3. The number of rotatable bonds is 6. The molecule has 0 radical (unpaired) electrons. The number of benzene rings is 2. The van der Waals surface area contributed by atoms with Gasteiger partial charge in [-0.15, -0.1) is 0 Å². The van der Waals surface area contributed by atoms with E-state index in [0.29, 0.717) is 39.8 Å². The lowest BCUT2D eigenvalue weighted by atomic mass is 10.0. The first kappa shape index (κ1) is 17.3. The Bertz CT molecular complexity index is 913. The molecule has 0 saturated carbocycles. The van der Waals surface area contributed by atoms with Gasteiger partial charge in [0, 0.05) is 16.8 Å². The van der Waals surface area contributed by atoms with Gasteiger partial charge in [-0.1, -0.05) is 0 Å². The maximum Gasteiger partial charge on any atom is 0.203 e. The molecule has 0 unspecified atom stereocenters. The van der Waals surface area contributed by atoms with Gasteiger partial charge in [-0.25, -0.2) is 9.67 Å². The molecular formula is C18H18N4O4. The van der Waals surface area contributed by atoms with Crippen molar-refractivity contribution in [2.75, 3.05) is 27.1 Å². The zero-order chi connectivity index (χ0) is 18.7. The van der Waals surface area contributed by atoms with E-state index in [1.165, 1.54) is 27.7 Å². The fraction of sp³-hybridized carbons (Fsp3) is 0.167. The van der Waals surface area contributed by atoms with E-state index in [-0.39, 0.29) is 5.78 Å². The second-order valence-corrected chi connectivity index (χ2v) is 5.35. The first-order chi connectivity index (χ1) is 12.6. The SMILES string of the molecule is COc1cc(C(=O)c2ccc(-n3cncn3)cc2N)cc(OC)c1OC. The van der Waals surface area contributed by atoms with Crippen molar-refractivity contribution < 1.29 is 19.0 Å². The van der Waals surface area contributed by atoms with E-state index in [1.54, 1.807) is 41.3 Å². The fourth-order valence-electron chi connectivity index (χ4n) is 2.61. The number of carbonyl (C=O) groups excluding carboxylic acids is 1. The molecule has 0 aliphatic rings. The van der Waals surface area contributed by atoms with E-state index in [0.717, 1.165) is 0 Å². The zero-order valence-corrected chi connectivity index (χ0v) is 14.6. The molecule has 0 amide bonds. The minimum absolute atomic E-state index is 0.258. The highest BCUT2D eigenvalue weighted by atomic mass is 16.5. The molecule has 2 aromatic carbocycles. The summed E-state index contributed by atoms with van der Waals surface area (Å²) in [7, 11) is 4.49. The van der Waals surface area contributed by atoms with E-state index in [9.17, 15) is 4.79 Å². The van der Waals surface area contributed by atoms with Gasteiger partial charge in [0.1, 0.15) is 12.7 Å². The number of nitrogens with two attached hydrogens (primary N) is 1. The summed E-state index contributed by atoms with van der Waals surface area (Å²) in [5, 5.41) is 4.04. The van der Waals surface area contributed by atoms with Gasteiger partial charge in [0.15, 0.2) is 17.3 Å². The number of methoxy groups -OCH3 is 3. The van der Waals surface area contributed by atoms with Crippen LogP contribution in [0.4, 0.5) is 5.69 Å². The Morgan fingerprint density at radius 1 is 1.04 bits per heavy atom. The summed E-state index contributed by atoms with van der Waals surface area (Å²) < 4.78 is 17.4. The number of ketones is 1. The van der Waals surface area contributed by atoms with Crippen molar-refractivity contribution in [2.24, 2.45) is 0 Å². The van der Waals surface area contributed by atoms with Gasteiger partial charge in [0.2, 0.25) is 5.75 Å². The number of aromatic nitrogens is 3. The molecular weight excluding hydrogens is 336 g/mol. The number of nitrogens with zero attached hydrogens (tertiary/aromatic N) is 3. The predicted molar refractivity (Wildman–Crippen MR) is 95.3 cm³/mol. The van der Waals surface area contributed by atoms with E-state index < -0.39 is 0 Å². The lowest BCUT2D eigenvalue weighted by Crippen LogP contribution is -2.08. The molecule has 0 bridgehead atoms. The van der Waals surface area contributed by atoms with E-state index in [1.807, 2.05) is 0 Å². The summed E-state index contributed by atoms with van der Waals surface area (Å²) in [6.07, 6.45) is 2.97. The Balaban J connectivity index is 2.02. The normalized spacial score (nSPS) is 10.4. The molecule has 0 spiro atoms. The minimum atomic E-state index is -0.258. The van der Waals surface area contributed by atoms with Crippen LogP contribution < -0.4 is 19.9 Å². The van der Waals surface area contributed by atoms with Crippen molar-refractivity contribution in [1.29, 1.82) is 0 Å². The van der Waals surface area contributed by atoms with Gasteiger partial charge in [0.05, 0.1) is 27.0 Å². The predicted octanol–water partition coefficient (Wildman–Crippen LogP) is 2.11. The third-order valence-corrected chi connectivity index (χ3v) is 3.89. The monoisotopic (exact) mass is 354 g/mol. The Morgan fingerprint density at radius 3 is 2.23 bits per heavy atom. The average Bonchev–Trinajstić information content (AvgIpc) is 3.20. The molecule has 1 aromatic heterocycles. The smallest absolute Gasteiger partial charge is 0.203 e. The van der Waals surface area contributed by atoms with Crippen LogP contribution in [0.5, 0.6) is 17.2 Å². The van der Waals surface area contributed by atoms with Gasteiger partial charge in [-0.05, 0) is 30.3 Å². The molecule has 0 aliphatic carbocycles. The highest BCUT2D eigenvalue weighted by Crippen LogP contribution is 2.39. The van der Waals surface area contributed by atoms with Crippen LogP contribution in [0.1, 0.15) is 15.9 Å². The average molecular weight is 354 g/mol. The van der Waals surface area contributed by atoms with Crippen molar-refractivity contribution in [1.82, 2.24) is 14.8 Å². The molecule has 8 heteroatoms. The summed E-state index contributed by atoms with van der Waals surface area (Å²) in [6.45, 7) is 0. The molecule has 3 aromatic rings. The lowest BCUT2D eigenvalue weighted by molar-refractivity contribution is 0.103. The maximum atomic E-state index is 12.9. The zero-order valence-electron chi connectivity index (χ0n) is 14.6. The number of anilines is 1. The Hall–Kier alpha value is -3.55. The van der Waals surface area contributed by atoms with Crippen molar-refractivity contribution in [2.45, 2.75) is 0 Å². The quantitative estimate of drug-likeness (QED) is 0.534. The summed E-state index contributed by atoms with van der Waals surface area (Å²) in [5.74, 6) is 0.953. The van der Waals surface area contributed by atoms with Crippen LogP contribution in [0.2, 0.25) is 0 Å². The first-order valence-electron chi connectivity index (χ1n) is 7.68. The molecule has 0 atom stereocenters. The summed E-state index contributed by atoms with van der Waals surface area (Å²) in [5.41, 5.74) is 7.87. The molecule has 0 saturated heterocycles. The maximum absolute atomic E-state index is 12.9. The van der Waals surface area contributed by atoms with Crippen LogP contribution in [-0.4, -0.2) is 41.9 Å². The number of hydrogen-bond donors (Lipinski definition) is 1. The van der Waals surface area contributed by atoms with Crippen molar-refractivity contribution in [3.8, 4) is 22.9 Å². The minimum Gasteiger partial charge on any atom is -0.493 e. The molecule has 3 rings (SSSR count). The molecule has 0 fully saturated rings. The fourth-order valence-corrected chi connectivity index (χ4v) is 2.61.